The van der Waals surface area contributed by atoms with Gasteiger partial charge in [-0.05, 0) is 38.9 Å². The molecule has 0 N–H and O–H groups in total. The molecule has 7 heteroatoms. The van der Waals surface area contributed by atoms with Gasteiger partial charge in [0.2, 0.25) is 11.7 Å². The van der Waals surface area contributed by atoms with E-state index in [1.165, 1.54) is 5.56 Å². The zero-order chi connectivity index (χ0) is 22.3. The SMILES string of the molecule is CCOc1ccccc1C(=O)N1CCN(CCCc2nc(-c3ccc(C)cc3)no2)CC1. The highest BCUT2D eigenvalue weighted by Gasteiger charge is 2.24. The first-order valence-electron chi connectivity index (χ1n) is 11.3. The van der Waals surface area contributed by atoms with Crippen molar-refractivity contribution in [3.8, 4) is 17.1 Å². The molecule has 4 rings (SSSR count). The molecule has 1 aliphatic rings. The summed E-state index contributed by atoms with van der Waals surface area (Å²) in [5.41, 5.74) is 2.82. The number of nitrogens with zero attached hydrogens (tertiary/aromatic N) is 4. The number of carbonyl (C=O) groups is 1. The van der Waals surface area contributed by atoms with Crippen LogP contribution in [0.4, 0.5) is 0 Å². The van der Waals surface area contributed by atoms with E-state index in [0.717, 1.165) is 51.1 Å². The molecular formula is C25H30N4O3. The van der Waals surface area contributed by atoms with Crippen LogP contribution < -0.4 is 4.74 Å². The van der Waals surface area contributed by atoms with Crippen LogP contribution in [0.3, 0.4) is 0 Å². The molecule has 32 heavy (non-hydrogen) atoms. The maximum absolute atomic E-state index is 12.9. The van der Waals surface area contributed by atoms with E-state index >= 15 is 0 Å². The second-order valence-electron chi connectivity index (χ2n) is 8.04. The number of aryl methyl sites for hydroxylation is 2. The van der Waals surface area contributed by atoms with Gasteiger partial charge in [0, 0.05) is 38.2 Å². The van der Waals surface area contributed by atoms with Crippen molar-refractivity contribution >= 4 is 5.91 Å². The van der Waals surface area contributed by atoms with Crippen LogP contribution in [-0.4, -0.2) is 65.2 Å². The fourth-order valence-corrected chi connectivity index (χ4v) is 3.90. The second kappa shape index (κ2) is 10.4. The molecule has 0 radical (unpaired) electrons. The maximum atomic E-state index is 12.9. The summed E-state index contributed by atoms with van der Waals surface area (Å²) in [4.78, 5) is 21.8. The van der Waals surface area contributed by atoms with Crippen LogP contribution in [0, 0.1) is 6.92 Å². The van der Waals surface area contributed by atoms with Gasteiger partial charge in [-0.25, -0.2) is 0 Å². The van der Waals surface area contributed by atoms with Crippen LogP contribution in [0.25, 0.3) is 11.4 Å². The van der Waals surface area contributed by atoms with Crippen LogP contribution in [0.5, 0.6) is 5.75 Å². The Morgan fingerprint density at radius 2 is 1.81 bits per heavy atom. The summed E-state index contributed by atoms with van der Waals surface area (Å²) < 4.78 is 11.0. The highest BCUT2D eigenvalue weighted by atomic mass is 16.5. The number of hydrogen-bond acceptors (Lipinski definition) is 6. The minimum absolute atomic E-state index is 0.0446. The van der Waals surface area contributed by atoms with Crippen LogP contribution in [-0.2, 0) is 6.42 Å². The molecule has 1 aliphatic heterocycles. The summed E-state index contributed by atoms with van der Waals surface area (Å²) in [6.07, 6.45) is 1.69. The molecule has 0 aliphatic carbocycles. The van der Waals surface area contributed by atoms with E-state index in [-0.39, 0.29) is 5.91 Å². The van der Waals surface area contributed by atoms with Crippen molar-refractivity contribution in [2.75, 3.05) is 39.3 Å². The van der Waals surface area contributed by atoms with Gasteiger partial charge in [0.1, 0.15) is 5.75 Å². The lowest BCUT2D eigenvalue weighted by molar-refractivity contribution is 0.0631. The van der Waals surface area contributed by atoms with Gasteiger partial charge in [-0.1, -0.05) is 47.1 Å². The topological polar surface area (TPSA) is 71.7 Å². The molecule has 2 heterocycles. The zero-order valence-corrected chi connectivity index (χ0v) is 18.8. The normalized spacial score (nSPS) is 14.5. The Labute approximate surface area is 189 Å². The molecule has 0 saturated carbocycles. The molecule has 1 aromatic heterocycles. The van der Waals surface area contributed by atoms with Gasteiger partial charge in [-0.15, -0.1) is 0 Å². The maximum Gasteiger partial charge on any atom is 0.257 e. The Balaban J connectivity index is 1.23. The summed E-state index contributed by atoms with van der Waals surface area (Å²) in [5, 5.41) is 4.11. The Bertz CT molecular complexity index is 1020. The van der Waals surface area contributed by atoms with E-state index in [0.29, 0.717) is 29.6 Å². The third kappa shape index (κ3) is 5.34. The molecule has 0 spiro atoms. The number of amides is 1. The quantitative estimate of drug-likeness (QED) is 0.537. The number of aromatic nitrogens is 2. The van der Waals surface area contributed by atoms with Crippen molar-refractivity contribution < 1.29 is 14.1 Å². The molecular weight excluding hydrogens is 404 g/mol. The summed E-state index contributed by atoms with van der Waals surface area (Å²) in [6, 6.07) is 15.6. The fourth-order valence-electron chi connectivity index (χ4n) is 3.90. The first-order chi connectivity index (χ1) is 15.6. The molecule has 7 nitrogen and oxygen atoms in total. The standard InChI is InChI=1S/C25H30N4O3/c1-3-31-22-8-5-4-7-21(22)25(30)29-17-15-28(16-18-29)14-6-9-23-26-24(27-32-23)20-12-10-19(2)11-13-20/h4-5,7-8,10-13H,3,6,9,14-18H2,1-2H3. The monoisotopic (exact) mass is 434 g/mol. The van der Waals surface area contributed by atoms with Crippen molar-refractivity contribution in [1.82, 2.24) is 19.9 Å². The van der Waals surface area contributed by atoms with Gasteiger partial charge < -0.3 is 14.2 Å². The molecule has 168 valence electrons. The van der Waals surface area contributed by atoms with Gasteiger partial charge >= 0.3 is 0 Å². The second-order valence-corrected chi connectivity index (χ2v) is 8.04. The van der Waals surface area contributed by atoms with E-state index in [1.54, 1.807) is 0 Å². The largest absolute Gasteiger partial charge is 0.493 e. The number of hydrogen-bond donors (Lipinski definition) is 0. The van der Waals surface area contributed by atoms with E-state index in [9.17, 15) is 4.79 Å². The molecule has 1 amide bonds. The minimum atomic E-state index is 0.0446. The lowest BCUT2D eigenvalue weighted by atomic mass is 10.1. The molecule has 2 aromatic carbocycles. The molecule has 0 unspecified atom stereocenters. The van der Waals surface area contributed by atoms with Gasteiger partial charge in [0.15, 0.2) is 0 Å². The number of para-hydroxylation sites is 1. The van der Waals surface area contributed by atoms with Gasteiger partial charge in [-0.3, -0.25) is 9.69 Å². The summed E-state index contributed by atoms with van der Waals surface area (Å²) in [5.74, 6) is 2.01. The molecule has 1 saturated heterocycles. The van der Waals surface area contributed by atoms with Crippen molar-refractivity contribution in [3.63, 3.8) is 0 Å². The average Bonchev–Trinajstić information content (AvgIpc) is 3.29. The predicted molar refractivity (Wildman–Crippen MR) is 123 cm³/mol. The first-order valence-corrected chi connectivity index (χ1v) is 11.3. The van der Waals surface area contributed by atoms with Gasteiger partial charge in [0.25, 0.3) is 5.91 Å². The molecule has 0 bridgehead atoms. The smallest absolute Gasteiger partial charge is 0.257 e. The van der Waals surface area contributed by atoms with E-state index in [1.807, 2.05) is 60.4 Å². The number of rotatable bonds is 8. The Hall–Kier alpha value is -3.19. The van der Waals surface area contributed by atoms with Crippen LogP contribution in [0.1, 0.15) is 35.2 Å². The third-order valence-corrected chi connectivity index (χ3v) is 5.72. The summed E-state index contributed by atoms with van der Waals surface area (Å²) >= 11 is 0. The summed E-state index contributed by atoms with van der Waals surface area (Å²) in [7, 11) is 0. The van der Waals surface area contributed by atoms with E-state index in [4.69, 9.17) is 9.26 Å². The average molecular weight is 435 g/mol. The van der Waals surface area contributed by atoms with Crippen molar-refractivity contribution in [2.45, 2.75) is 26.7 Å². The van der Waals surface area contributed by atoms with Crippen molar-refractivity contribution in [3.05, 3.63) is 65.5 Å². The number of carbonyl (C=O) groups excluding carboxylic acids is 1. The lowest BCUT2D eigenvalue weighted by Gasteiger charge is -2.35. The number of piperazine rings is 1. The molecule has 0 atom stereocenters. The Morgan fingerprint density at radius 1 is 1.06 bits per heavy atom. The highest BCUT2D eigenvalue weighted by molar-refractivity contribution is 5.97. The van der Waals surface area contributed by atoms with Gasteiger partial charge in [0.05, 0.1) is 12.2 Å². The first kappa shape index (κ1) is 22.0. The highest BCUT2D eigenvalue weighted by Crippen LogP contribution is 2.21. The van der Waals surface area contributed by atoms with Crippen LogP contribution >= 0.6 is 0 Å². The van der Waals surface area contributed by atoms with Crippen molar-refractivity contribution in [2.24, 2.45) is 0 Å². The minimum Gasteiger partial charge on any atom is -0.493 e. The van der Waals surface area contributed by atoms with Crippen molar-refractivity contribution in [1.29, 1.82) is 0 Å². The molecule has 1 fully saturated rings. The Kier molecular flexibility index (Phi) is 7.17. The predicted octanol–water partition coefficient (Wildman–Crippen LogP) is 3.83. The lowest BCUT2D eigenvalue weighted by Crippen LogP contribution is -2.48. The van der Waals surface area contributed by atoms with E-state index in [2.05, 4.69) is 22.0 Å². The summed E-state index contributed by atoms with van der Waals surface area (Å²) in [6.45, 7) is 8.64. The molecule has 3 aromatic rings. The Morgan fingerprint density at radius 3 is 2.56 bits per heavy atom. The number of ether oxygens (including phenoxy) is 1. The number of benzene rings is 2. The third-order valence-electron chi connectivity index (χ3n) is 5.72. The van der Waals surface area contributed by atoms with E-state index < -0.39 is 0 Å². The van der Waals surface area contributed by atoms with Gasteiger partial charge in [-0.2, -0.15) is 4.98 Å². The fraction of sp³-hybridized carbons (Fsp3) is 0.400. The van der Waals surface area contributed by atoms with Crippen LogP contribution in [0.2, 0.25) is 0 Å². The zero-order valence-electron chi connectivity index (χ0n) is 18.8. The van der Waals surface area contributed by atoms with Crippen LogP contribution in [0.15, 0.2) is 53.1 Å².